The van der Waals surface area contributed by atoms with Crippen LogP contribution in [0.1, 0.15) is 30.9 Å². The summed E-state index contributed by atoms with van der Waals surface area (Å²) in [6.07, 6.45) is 6.14. The largest absolute Gasteiger partial charge is 0.469 e. The second kappa shape index (κ2) is 5.17. The molecule has 5 heteroatoms. The van der Waals surface area contributed by atoms with Gasteiger partial charge in [0.05, 0.1) is 36.1 Å². The highest BCUT2D eigenvalue weighted by Crippen LogP contribution is 2.55. The normalized spacial score (nSPS) is 29.4. The van der Waals surface area contributed by atoms with E-state index in [-0.39, 0.29) is 11.6 Å². The van der Waals surface area contributed by atoms with Gasteiger partial charge < -0.3 is 9.83 Å². The highest BCUT2D eigenvalue weighted by atomic mass is 16.3. The maximum atomic E-state index is 9.70. The summed E-state index contributed by atoms with van der Waals surface area (Å²) >= 11 is 0. The smallest absolute Gasteiger partial charge is 0.192 e. The lowest BCUT2D eigenvalue weighted by atomic mass is 9.54. The van der Waals surface area contributed by atoms with Crippen molar-refractivity contribution in [1.29, 1.82) is 21.2 Å². The van der Waals surface area contributed by atoms with Gasteiger partial charge in [0.15, 0.2) is 5.41 Å². The number of hydrogen-bond donors (Lipinski definition) is 1. The Balaban J connectivity index is 2.25. The first-order valence-electron chi connectivity index (χ1n) is 7.24. The molecular weight excluding hydrogens is 276 g/mol. The Kier molecular flexibility index (Phi) is 3.32. The van der Waals surface area contributed by atoms with Crippen molar-refractivity contribution in [3.63, 3.8) is 0 Å². The number of nitriles is 3. The molecule has 1 aromatic rings. The Labute approximate surface area is 128 Å². The molecule has 0 saturated heterocycles. The number of rotatable bonds is 1. The van der Waals surface area contributed by atoms with Crippen molar-refractivity contribution < 1.29 is 4.42 Å². The number of nitrogens with zero attached hydrogens (tertiary/aromatic N) is 3. The van der Waals surface area contributed by atoms with E-state index in [1.165, 1.54) is 6.26 Å². The van der Waals surface area contributed by atoms with Gasteiger partial charge in [-0.3, -0.25) is 0 Å². The van der Waals surface area contributed by atoms with E-state index in [2.05, 4.69) is 6.07 Å². The lowest BCUT2D eigenvalue weighted by molar-refractivity contribution is 0.279. The number of allylic oxidation sites excluding steroid dienone is 2. The van der Waals surface area contributed by atoms with Crippen molar-refractivity contribution in [2.75, 3.05) is 0 Å². The van der Waals surface area contributed by atoms with Gasteiger partial charge in [-0.1, -0.05) is 6.08 Å². The first kappa shape index (κ1) is 14.1. The zero-order valence-electron chi connectivity index (χ0n) is 11.9. The van der Waals surface area contributed by atoms with Crippen LogP contribution in [-0.4, -0.2) is 5.71 Å². The van der Waals surface area contributed by atoms with Crippen molar-refractivity contribution in [2.45, 2.75) is 25.2 Å². The molecule has 0 amide bonds. The predicted octanol–water partition coefficient (Wildman–Crippen LogP) is 3.30. The fourth-order valence-electron chi connectivity index (χ4n) is 3.78. The SMILES string of the molecule is N#C[C@@H]1C(=N)C(C#N)(C#N)[C@@H](c2ccco2)[C@H]2CCCC=C12. The minimum atomic E-state index is -1.64. The maximum Gasteiger partial charge on any atom is 0.192 e. The topological polar surface area (TPSA) is 108 Å². The number of fused-ring (bicyclic) bond motifs is 1. The van der Waals surface area contributed by atoms with Gasteiger partial charge in [0, 0.05) is 0 Å². The summed E-state index contributed by atoms with van der Waals surface area (Å²) in [5, 5.41) is 37.2. The molecule has 108 valence electrons. The molecule has 0 aromatic carbocycles. The minimum absolute atomic E-state index is 0.0991. The molecule has 1 N–H and O–H groups in total. The van der Waals surface area contributed by atoms with Crippen molar-refractivity contribution in [3.8, 4) is 18.2 Å². The second-order valence-corrected chi connectivity index (χ2v) is 5.74. The van der Waals surface area contributed by atoms with Gasteiger partial charge >= 0.3 is 0 Å². The molecule has 1 saturated carbocycles. The van der Waals surface area contributed by atoms with Crippen LogP contribution >= 0.6 is 0 Å². The van der Waals surface area contributed by atoms with Crippen molar-refractivity contribution in [1.82, 2.24) is 0 Å². The number of furan rings is 1. The highest BCUT2D eigenvalue weighted by molar-refractivity contribution is 6.00. The van der Waals surface area contributed by atoms with Crippen LogP contribution in [0, 0.1) is 56.7 Å². The van der Waals surface area contributed by atoms with E-state index in [0.717, 1.165) is 24.8 Å². The van der Waals surface area contributed by atoms with Crippen LogP contribution < -0.4 is 0 Å². The lowest BCUT2D eigenvalue weighted by Crippen LogP contribution is -2.48. The van der Waals surface area contributed by atoms with E-state index in [1.807, 2.05) is 18.2 Å². The summed E-state index contributed by atoms with van der Waals surface area (Å²) in [5.41, 5.74) is -0.885. The molecule has 0 aliphatic heterocycles. The summed E-state index contributed by atoms with van der Waals surface area (Å²) in [6, 6.07) is 9.65. The van der Waals surface area contributed by atoms with E-state index < -0.39 is 17.3 Å². The van der Waals surface area contributed by atoms with Crippen LogP contribution in [0.5, 0.6) is 0 Å². The fourth-order valence-corrected chi connectivity index (χ4v) is 3.78. The standard InChI is InChI=1S/C17H14N4O/c18-8-13-11-4-1-2-5-12(11)15(14-6-3-7-22-14)17(9-19,10-20)16(13)21/h3-4,6-7,12-13,15,21H,1-2,5H2/t12-,13-,15+/m0/s1. The summed E-state index contributed by atoms with van der Waals surface area (Å²) in [6.45, 7) is 0. The molecular formula is C17H14N4O. The third-order valence-corrected chi connectivity index (χ3v) is 4.77. The average Bonchev–Trinajstić information content (AvgIpc) is 3.08. The van der Waals surface area contributed by atoms with Gasteiger partial charge in [-0.15, -0.1) is 0 Å². The second-order valence-electron chi connectivity index (χ2n) is 5.74. The molecule has 0 bridgehead atoms. The van der Waals surface area contributed by atoms with E-state index >= 15 is 0 Å². The molecule has 3 atom stereocenters. The predicted molar refractivity (Wildman–Crippen MR) is 77.4 cm³/mol. The molecule has 2 aliphatic rings. The van der Waals surface area contributed by atoms with Gasteiger partial charge in [0.1, 0.15) is 11.7 Å². The van der Waals surface area contributed by atoms with Gasteiger partial charge in [-0.25, -0.2) is 0 Å². The molecule has 5 nitrogen and oxygen atoms in total. The minimum Gasteiger partial charge on any atom is -0.469 e. The zero-order valence-corrected chi connectivity index (χ0v) is 11.9. The molecule has 0 unspecified atom stereocenters. The van der Waals surface area contributed by atoms with E-state index in [0.29, 0.717) is 5.76 Å². The first-order chi connectivity index (χ1) is 10.7. The van der Waals surface area contributed by atoms with Crippen LogP contribution in [0.3, 0.4) is 0 Å². The molecule has 0 spiro atoms. The molecule has 1 heterocycles. The number of hydrogen-bond acceptors (Lipinski definition) is 5. The summed E-state index contributed by atoms with van der Waals surface area (Å²) in [5.74, 6) is -0.864. The Hall–Kier alpha value is -2.84. The van der Waals surface area contributed by atoms with Gasteiger partial charge in [0.25, 0.3) is 0 Å². The number of nitrogens with one attached hydrogen (secondary N) is 1. The molecule has 2 aliphatic carbocycles. The molecule has 1 aromatic heterocycles. The third-order valence-electron chi connectivity index (χ3n) is 4.77. The summed E-state index contributed by atoms with van der Waals surface area (Å²) < 4.78 is 5.49. The van der Waals surface area contributed by atoms with Gasteiger partial charge in [-0.05, 0) is 42.9 Å². The molecule has 0 radical (unpaired) electrons. The average molecular weight is 290 g/mol. The van der Waals surface area contributed by atoms with E-state index in [4.69, 9.17) is 9.83 Å². The van der Waals surface area contributed by atoms with Crippen LogP contribution in [0.4, 0.5) is 0 Å². The van der Waals surface area contributed by atoms with E-state index in [9.17, 15) is 15.8 Å². The fraction of sp³-hybridized carbons (Fsp3) is 0.412. The van der Waals surface area contributed by atoms with Crippen LogP contribution in [0.25, 0.3) is 0 Å². The Morgan fingerprint density at radius 2 is 2.05 bits per heavy atom. The molecule has 3 rings (SSSR count). The molecule has 1 fully saturated rings. The summed E-state index contributed by atoms with van der Waals surface area (Å²) in [7, 11) is 0. The van der Waals surface area contributed by atoms with Crippen LogP contribution in [0.15, 0.2) is 34.5 Å². The summed E-state index contributed by atoms with van der Waals surface area (Å²) in [4.78, 5) is 0. The van der Waals surface area contributed by atoms with Crippen molar-refractivity contribution >= 4 is 5.71 Å². The quantitative estimate of drug-likeness (QED) is 0.800. The zero-order chi connectivity index (χ0) is 15.7. The molecule has 22 heavy (non-hydrogen) atoms. The Bertz CT molecular complexity index is 740. The Morgan fingerprint density at radius 1 is 1.27 bits per heavy atom. The van der Waals surface area contributed by atoms with Crippen molar-refractivity contribution in [3.05, 3.63) is 35.8 Å². The maximum absolute atomic E-state index is 9.70. The van der Waals surface area contributed by atoms with Crippen LogP contribution in [0.2, 0.25) is 0 Å². The van der Waals surface area contributed by atoms with Crippen molar-refractivity contribution in [2.24, 2.45) is 17.3 Å². The lowest BCUT2D eigenvalue weighted by Gasteiger charge is -2.44. The van der Waals surface area contributed by atoms with Gasteiger partial charge in [-0.2, -0.15) is 15.8 Å². The first-order valence-corrected chi connectivity index (χ1v) is 7.24. The highest BCUT2D eigenvalue weighted by Gasteiger charge is 2.58. The van der Waals surface area contributed by atoms with Crippen LogP contribution in [-0.2, 0) is 0 Å². The van der Waals surface area contributed by atoms with Gasteiger partial charge in [0.2, 0.25) is 0 Å². The van der Waals surface area contributed by atoms with E-state index in [1.54, 1.807) is 12.1 Å². The Morgan fingerprint density at radius 3 is 2.64 bits per heavy atom. The monoisotopic (exact) mass is 290 g/mol. The third kappa shape index (κ3) is 1.71.